The van der Waals surface area contributed by atoms with Crippen molar-refractivity contribution in [2.75, 3.05) is 25.0 Å². The summed E-state index contributed by atoms with van der Waals surface area (Å²) >= 11 is 0. The number of aliphatic imine (C=N–C) groups is 1. The van der Waals surface area contributed by atoms with E-state index in [1.54, 1.807) is 24.5 Å². The van der Waals surface area contributed by atoms with Gasteiger partial charge in [0.25, 0.3) is 5.91 Å². The fourth-order valence-electron chi connectivity index (χ4n) is 3.48. The van der Waals surface area contributed by atoms with E-state index in [1.807, 2.05) is 23.2 Å². The third-order valence-corrected chi connectivity index (χ3v) is 5.07. The Morgan fingerprint density at radius 1 is 1.28 bits per heavy atom. The number of nitrogens with zero attached hydrogens (tertiary/aromatic N) is 4. The average molecular weight is 394 g/mol. The fraction of sp³-hybridized carbons (Fsp3) is 0.429. The molecule has 1 aliphatic heterocycles. The molecule has 0 radical (unpaired) electrons. The predicted octanol–water partition coefficient (Wildman–Crippen LogP) is 3.24. The van der Waals surface area contributed by atoms with Gasteiger partial charge in [0.15, 0.2) is 5.76 Å². The molecule has 1 aliphatic rings. The van der Waals surface area contributed by atoms with Gasteiger partial charge in [-0.25, -0.2) is 0 Å². The Bertz CT molecular complexity index is 821. The van der Waals surface area contributed by atoms with E-state index in [4.69, 9.17) is 9.68 Å². The van der Waals surface area contributed by atoms with Gasteiger partial charge in [-0.3, -0.25) is 9.78 Å². The zero-order valence-corrected chi connectivity index (χ0v) is 16.4. The van der Waals surface area contributed by atoms with Crippen molar-refractivity contribution < 1.29 is 9.21 Å². The van der Waals surface area contributed by atoms with Gasteiger partial charge < -0.3 is 20.0 Å². The predicted molar refractivity (Wildman–Crippen MR) is 110 cm³/mol. The average Bonchev–Trinajstić information content (AvgIpc) is 3.29. The number of nitriles is 1. The van der Waals surface area contributed by atoms with Gasteiger partial charge in [0.2, 0.25) is 12.2 Å². The van der Waals surface area contributed by atoms with Crippen LogP contribution in [0.15, 0.2) is 52.3 Å². The molecule has 0 atom stereocenters. The van der Waals surface area contributed by atoms with Crippen LogP contribution < -0.4 is 10.6 Å². The molecule has 152 valence electrons. The molecule has 8 heteroatoms. The number of pyridine rings is 1. The van der Waals surface area contributed by atoms with Crippen LogP contribution in [-0.4, -0.2) is 41.4 Å². The van der Waals surface area contributed by atoms with Crippen molar-refractivity contribution in [1.82, 2.24) is 15.2 Å². The van der Waals surface area contributed by atoms with Gasteiger partial charge in [-0.2, -0.15) is 5.26 Å². The van der Waals surface area contributed by atoms with E-state index in [1.165, 1.54) is 6.26 Å². The number of carbonyl (C=O) groups is 1. The van der Waals surface area contributed by atoms with Gasteiger partial charge in [-0.15, -0.1) is 4.99 Å². The second-order valence-electron chi connectivity index (χ2n) is 7.06. The van der Waals surface area contributed by atoms with Crippen molar-refractivity contribution in [1.29, 1.82) is 5.26 Å². The molecule has 0 spiro atoms. The standard InChI is InChI=1S/C21H26N6O2/c22-16-25-21(26-18-6-11-23-12-7-18)24-10-2-1-4-17-8-13-27(14-9-17)20(28)19-5-3-15-29-19/h3,5-7,11-12,15,17H,1-2,4,8-10,13-14H2,(H2,23,24,25,26). The Balaban J connectivity index is 1.31. The smallest absolute Gasteiger partial charge is 0.289 e. The minimum Gasteiger partial charge on any atom is -0.459 e. The highest BCUT2D eigenvalue weighted by Crippen LogP contribution is 2.23. The van der Waals surface area contributed by atoms with Crippen LogP contribution in [0, 0.1) is 17.4 Å². The van der Waals surface area contributed by atoms with Gasteiger partial charge in [0.1, 0.15) is 0 Å². The lowest BCUT2D eigenvalue weighted by Gasteiger charge is -2.31. The number of piperidine rings is 1. The zero-order valence-electron chi connectivity index (χ0n) is 16.4. The molecule has 0 aliphatic carbocycles. The Morgan fingerprint density at radius 2 is 2.07 bits per heavy atom. The second-order valence-corrected chi connectivity index (χ2v) is 7.06. The first-order chi connectivity index (χ1) is 14.3. The number of nitrogens with one attached hydrogen (secondary N) is 2. The Morgan fingerprint density at radius 3 is 2.76 bits per heavy atom. The van der Waals surface area contributed by atoms with E-state index < -0.39 is 0 Å². The maximum absolute atomic E-state index is 12.3. The van der Waals surface area contributed by atoms with Gasteiger partial charge in [0.05, 0.1) is 6.26 Å². The first-order valence-electron chi connectivity index (χ1n) is 9.96. The molecule has 3 rings (SSSR count). The highest BCUT2D eigenvalue weighted by molar-refractivity contribution is 5.94. The summed E-state index contributed by atoms with van der Waals surface area (Å²) in [5.41, 5.74) is 0.831. The summed E-state index contributed by atoms with van der Waals surface area (Å²) in [5, 5.41) is 15.1. The van der Waals surface area contributed by atoms with Crippen molar-refractivity contribution in [2.24, 2.45) is 10.9 Å². The van der Waals surface area contributed by atoms with Crippen LogP contribution in [0.2, 0.25) is 0 Å². The number of likely N-dealkylation sites (tertiary alicyclic amines) is 1. The maximum Gasteiger partial charge on any atom is 0.289 e. The van der Waals surface area contributed by atoms with E-state index in [-0.39, 0.29) is 5.91 Å². The SMILES string of the molecule is N#C/N=C(\NCCCCC1CCN(C(=O)c2ccco2)CC1)Nc1ccncc1. The maximum atomic E-state index is 12.3. The van der Waals surface area contributed by atoms with Gasteiger partial charge in [0, 0.05) is 37.7 Å². The second kappa shape index (κ2) is 10.9. The topological polar surface area (TPSA) is 107 Å². The van der Waals surface area contributed by atoms with Crippen molar-refractivity contribution in [3.05, 3.63) is 48.7 Å². The van der Waals surface area contributed by atoms with E-state index >= 15 is 0 Å². The van der Waals surface area contributed by atoms with Gasteiger partial charge in [-0.1, -0.05) is 12.8 Å². The molecule has 0 aromatic carbocycles. The van der Waals surface area contributed by atoms with E-state index in [0.717, 1.165) is 57.4 Å². The highest BCUT2D eigenvalue weighted by atomic mass is 16.3. The molecular formula is C21H26N6O2. The van der Waals surface area contributed by atoms with Crippen molar-refractivity contribution in [3.63, 3.8) is 0 Å². The molecule has 8 nitrogen and oxygen atoms in total. The first kappa shape index (κ1) is 20.4. The number of hydrogen-bond acceptors (Lipinski definition) is 5. The van der Waals surface area contributed by atoms with Crippen LogP contribution in [-0.2, 0) is 0 Å². The molecule has 29 heavy (non-hydrogen) atoms. The molecule has 0 unspecified atom stereocenters. The summed E-state index contributed by atoms with van der Waals surface area (Å²) in [6, 6.07) is 7.09. The van der Waals surface area contributed by atoms with E-state index in [2.05, 4.69) is 20.6 Å². The number of anilines is 1. The lowest BCUT2D eigenvalue weighted by molar-refractivity contribution is 0.0654. The van der Waals surface area contributed by atoms with Crippen molar-refractivity contribution in [2.45, 2.75) is 32.1 Å². The summed E-state index contributed by atoms with van der Waals surface area (Å²) in [5.74, 6) is 1.51. The molecule has 1 fully saturated rings. The molecule has 2 aromatic rings. The van der Waals surface area contributed by atoms with Crippen LogP contribution in [0.25, 0.3) is 0 Å². The molecule has 0 saturated carbocycles. The van der Waals surface area contributed by atoms with Crippen LogP contribution in [0.1, 0.15) is 42.7 Å². The normalized spacial score (nSPS) is 15.0. The lowest BCUT2D eigenvalue weighted by Crippen LogP contribution is -2.38. The van der Waals surface area contributed by atoms with Crippen molar-refractivity contribution >= 4 is 17.6 Å². The third kappa shape index (κ3) is 6.35. The number of hydrogen-bond donors (Lipinski definition) is 2. The number of guanidine groups is 1. The summed E-state index contributed by atoms with van der Waals surface area (Å²) in [7, 11) is 0. The lowest BCUT2D eigenvalue weighted by atomic mass is 9.91. The molecule has 2 N–H and O–H groups in total. The number of rotatable bonds is 7. The summed E-state index contributed by atoms with van der Waals surface area (Å²) < 4.78 is 5.21. The first-order valence-corrected chi connectivity index (χ1v) is 9.96. The number of aromatic nitrogens is 1. The molecule has 3 heterocycles. The minimum absolute atomic E-state index is 0.0105. The number of amides is 1. The monoisotopic (exact) mass is 394 g/mol. The quantitative estimate of drug-likeness (QED) is 0.323. The van der Waals surface area contributed by atoms with E-state index in [9.17, 15) is 4.79 Å². The molecule has 1 saturated heterocycles. The Hall–Kier alpha value is -3.34. The zero-order chi connectivity index (χ0) is 20.3. The third-order valence-electron chi connectivity index (χ3n) is 5.07. The van der Waals surface area contributed by atoms with Crippen LogP contribution in [0.4, 0.5) is 5.69 Å². The minimum atomic E-state index is -0.0105. The highest BCUT2D eigenvalue weighted by Gasteiger charge is 2.24. The Labute approximate surface area is 170 Å². The van der Waals surface area contributed by atoms with E-state index in [0.29, 0.717) is 17.6 Å². The number of unbranched alkanes of at least 4 members (excludes halogenated alkanes) is 1. The van der Waals surface area contributed by atoms with Crippen LogP contribution in [0.3, 0.4) is 0 Å². The van der Waals surface area contributed by atoms with Crippen LogP contribution >= 0.6 is 0 Å². The largest absolute Gasteiger partial charge is 0.459 e. The molecule has 0 bridgehead atoms. The number of carbonyl (C=O) groups excluding carboxylic acids is 1. The fourth-order valence-corrected chi connectivity index (χ4v) is 3.48. The number of furan rings is 1. The van der Waals surface area contributed by atoms with Gasteiger partial charge >= 0.3 is 0 Å². The molecule has 1 amide bonds. The summed E-state index contributed by atoms with van der Waals surface area (Å²) in [6.45, 7) is 2.32. The van der Waals surface area contributed by atoms with Crippen LogP contribution in [0.5, 0.6) is 0 Å². The summed E-state index contributed by atoms with van der Waals surface area (Å²) in [6.07, 6.45) is 12.0. The van der Waals surface area contributed by atoms with Gasteiger partial charge in [-0.05, 0) is 49.4 Å². The molecule has 2 aromatic heterocycles. The Kier molecular flexibility index (Phi) is 7.63. The summed E-state index contributed by atoms with van der Waals surface area (Å²) in [4.78, 5) is 21.9. The van der Waals surface area contributed by atoms with Crippen molar-refractivity contribution in [3.8, 4) is 6.19 Å². The molecular weight excluding hydrogens is 368 g/mol.